The van der Waals surface area contributed by atoms with Gasteiger partial charge in [-0.25, -0.2) is 0 Å². The van der Waals surface area contributed by atoms with Crippen LogP contribution in [0.15, 0.2) is 48.6 Å². The molecule has 0 amide bonds. The molecule has 0 bridgehead atoms. The van der Waals surface area contributed by atoms with Crippen LogP contribution in [0.25, 0.3) is 0 Å². The van der Waals surface area contributed by atoms with Crippen LogP contribution in [0.4, 0.5) is 0 Å². The molecule has 0 heterocycles. The van der Waals surface area contributed by atoms with Crippen LogP contribution in [0, 0.1) is 0 Å². The van der Waals surface area contributed by atoms with E-state index in [1.165, 1.54) is 25.7 Å². The fraction of sp³-hybridized carbons (Fsp3) is 0.500. The highest BCUT2D eigenvalue weighted by Gasteiger charge is 1.90. The normalized spacial score (nSPS) is 12.4. The van der Waals surface area contributed by atoms with E-state index in [1.54, 1.807) is 0 Å². The molecule has 0 aromatic carbocycles. The molecule has 0 aliphatic rings. The smallest absolute Gasteiger partial charge is 0.303 e. The van der Waals surface area contributed by atoms with E-state index in [9.17, 15) is 4.79 Å². The van der Waals surface area contributed by atoms with Gasteiger partial charge in [0.05, 0.1) is 0 Å². The van der Waals surface area contributed by atoms with Crippen molar-refractivity contribution >= 4 is 5.97 Å². The summed E-state index contributed by atoms with van der Waals surface area (Å²) in [6, 6.07) is 0. The molecule has 1 N–H and O–H groups in total. The van der Waals surface area contributed by atoms with Crippen molar-refractivity contribution in [2.45, 2.75) is 58.3 Å². The number of allylic oxidation sites excluding steroid dienone is 8. The van der Waals surface area contributed by atoms with Crippen molar-refractivity contribution in [1.82, 2.24) is 0 Å². The highest BCUT2D eigenvalue weighted by Crippen LogP contribution is 2.04. The molecule has 2 nitrogen and oxygen atoms in total. The summed E-state index contributed by atoms with van der Waals surface area (Å²) in [5.74, 6) is -0.747. The summed E-state index contributed by atoms with van der Waals surface area (Å²) >= 11 is 0. The standard InChI is InChI=1S/C18H28O2/c1-2-3-4-5-6-7-8-9-10-11-12-13-14-15-16-17-18(19)20/h3-4,10-15H,2,5-9,16-17H2,1H3,(H,19,20)/b4-3+,11-10+,13-12+,15-14+. The second-order valence-electron chi connectivity index (χ2n) is 4.69. The zero-order chi connectivity index (χ0) is 14.9. The van der Waals surface area contributed by atoms with Gasteiger partial charge in [0.2, 0.25) is 0 Å². The first-order valence-corrected chi connectivity index (χ1v) is 7.62. The minimum Gasteiger partial charge on any atom is -0.481 e. The lowest BCUT2D eigenvalue weighted by Crippen LogP contribution is -1.91. The highest BCUT2D eigenvalue weighted by atomic mass is 16.4. The van der Waals surface area contributed by atoms with Gasteiger partial charge in [0.1, 0.15) is 0 Å². The van der Waals surface area contributed by atoms with Crippen LogP contribution in [0.1, 0.15) is 58.3 Å². The van der Waals surface area contributed by atoms with Crippen LogP contribution in [0.5, 0.6) is 0 Å². The molecule has 0 saturated heterocycles. The molecule has 0 aromatic rings. The Morgan fingerprint density at radius 2 is 1.40 bits per heavy atom. The fourth-order valence-electron chi connectivity index (χ4n) is 1.67. The Balaban J connectivity index is 3.38. The van der Waals surface area contributed by atoms with E-state index in [4.69, 9.17) is 5.11 Å². The molecule has 0 rings (SSSR count). The van der Waals surface area contributed by atoms with Gasteiger partial charge < -0.3 is 5.11 Å². The number of rotatable bonds is 12. The van der Waals surface area contributed by atoms with E-state index in [1.807, 2.05) is 24.3 Å². The molecule has 20 heavy (non-hydrogen) atoms. The Morgan fingerprint density at radius 3 is 2.00 bits per heavy atom. The van der Waals surface area contributed by atoms with E-state index in [0.717, 1.165) is 12.8 Å². The average molecular weight is 276 g/mol. The van der Waals surface area contributed by atoms with Gasteiger partial charge in [-0.1, -0.05) is 62.0 Å². The zero-order valence-corrected chi connectivity index (χ0v) is 12.6. The quantitative estimate of drug-likeness (QED) is 0.293. The van der Waals surface area contributed by atoms with Crippen molar-refractivity contribution in [3.63, 3.8) is 0 Å². The maximum absolute atomic E-state index is 10.3. The Morgan fingerprint density at radius 1 is 0.800 bits per heavy atom. The molecular formula is C18H28O2. The van der Waals surface area contributed by atoms with Crippen molar-refractivity contribution in [2.75, 3.05) is 0 Å². The number of carboxylic acids is 1. The Hall–Kier alpha value is -1.57. The molecule has 0 aliphatic carbocycles. The van der Waals surface area contributed by atoms with E-state index in [-0.39, 0.29) is 6.42 Å². The van der Waals surface area contributed by atoms with Crippen molar-refractivity contribution in [3.05, 3.63) is 48.6 Å². The van der Waals surface area contributed by atoms with E-state index in [2.05, 4.69) is 31.2 Å². The van der Waals surface area contributed by atoms with Gasteiger partial charge in [0.15, 0.2) is 0 Å². The maximum Gasteiger partial charge on any atom is 0.303 e. The summed E-state index contributed by atoms with van der Waals surface area (Å²) in [4.78, 5) is 10.3. The number of aliphatic carboxylic acids is 1. The topological polar surface area (TPSA) is 37.3 Å². The van der Waals surface area contributed by atoms with Gasteiger partial charge in [-0.15, -0.1) is 0 Å². The van der Waals surface area contributed by atoms with Gasteiger partial charge in [0.25, 0.3) is 0 Å². The predicted molar refractivity (Wildman–Crippen MR) is 86.8 cm³/mol. The van der Waals surface area contributed by atoms with Gasteiger partial charge in [-0.2, -0.15) is 0 Å². The summed E-state index contributed by atoms with van der Waals surface area (Å²) in [6.45, 7) is 2.16. The van der Waals surface area contributed by atoms with E-state index >= 15 is 0 Å². The molecule has 0 atom stereocenters. The number of hydrogen-bond donors (Lipinski definition) is 1. The molecule has 0 unspecified atom stereocenters. The SMILES string of the molecule is CC/C=C/CCCCC/C=C/C=C/C=C/CCC(=O)O. The lowest BCUT2D eigenvalue weighted by molar-refractivity contribution is -0.136. The lowest BCUT2D eigenvalue weighted by atomic mass is 10.1. The monoisotopic (exact) mass is 276 g/mol. The Labute approximate surface area is 123 Å². The fourth-order valence-corrected chi connectivity index (χ4v) is 1.67. The van der Waals surface area contributed by atoms with E-state index < -0.39 is 5.97 Å². The summed E-state index contributed by atoms with van der Waals surface area (Å²) < 4.78 is 0. The number of unbranched alkanes of at least 4 members (excludes halogenated alkanes) is 4. The first-order valence-electron chi connectivity index (χ1n) is 7.62. The van der Waals surface area contributed by atoms with Crippen molar-refractivity contribution in [1.29, 1.82) is 0 Å². The van der Waals surface area contributed by atoms with Crippen LogP contribution in [0.2, 0.25) is 0 Å². The molecule has 112 valence electrons. The molecular weight excluding hydrogens is 248 g/mol. The zero-order valence-electron chi connectivity index (χ0n) is 12.6. The Bertz CT molecular complexity index is 335. The van der Waals surface area contributed by atoms with Crippen molar-refractivity contribution in [2.24, 2.45) is 0 Å². The summed E-state index contributed by atoms with van der Waals surface area (Å²) in [7, 11) is 0. The molecule has 2 heteroatoms. The van der Waals surface area contributed by atoms with Crippen molar-refractivity contribution < 1.29 is 9.90 Å². The minimum atomic E-state index is -0.747. The number of carbonyl (C=O) groups is 1. The predicted octanol–water partition coefficient (Wildman–Crippen LogP) is 5.44. The summed E-state index contributed by atoms with van der Waals surface area (Å²) in [6.07, 6.45) is 24.5. The summed E-state index contributed by atoms with van der Waals surface area (Å²) in [5, 5.41) is 8.45. The first kappa shape index (κ1) is 18.4. The third kappa shape index (κ3) is 16.4. The minimum absolute atomic E-state index is 0.202. The van der Waals surface area contributed by atoms with Crippen LogP contribution in [0.3, 0.4) is 0 Å². The third-order valence-electron chi connectivity index (χ3n) is 2.77. The molecule has 0 fully saturated rings. The van der Waals surface area contributed by atoms with E-state index in [0.29, 0.717) is 6.42 Å². The van der Waals surface area contributed by atoms with Gasteiger partial charge in [-0.05, 0) is 38.5 Å². The van der Waals surface area contributed by atoms with Gasteiger partial charge >= 0.3 is 5.97 Å². The van der Waals surface area contributed by atoms with Crippen molar-refractivity contribution in [3.8, 4) is 0 Å². The lowest BCUT2D eigenvalue weighted by Gasteiger charge is -1.94. The van der Waals surface area contributed by atoms with Crippen LogP contribution in [-0.2, 0) is 4.79 Å². The summed E-state index contributed by atoms with van der Waals surface area (Å²) in [5.41, 5.74) is 0. The highest BCUT2D eigenvalue weighted by molar-refractivity contribution is 5.66. The average Bonchev–Trinajstić information content (AvgIpc) is 2.43. The molecule has 0 spiro atoms. The molecule has 0 saturated carbocycles. The third-order valence-corrected chi connectivity index (χ3v) is 2.77. The second kappa shape index (κ2) is 15.5. The molecule has 0 radical (unpaired) electrons. The van der Waals surface area contributed by atoms with Crippen LogP contribution < -0.4 is 0 Å². The van der Waals surface area contributed by atoms with Crippen LogP contribution in [-0.4, -0.2) is 11.1 Å². The van der Waals surface area contributed by atoms with Crippen LogP contribution >= 0.6 is 0 Å². The molecule has 0 aromatic heterocycles. The first-order chi connectivity index (χ1) is 9.77. The number of carboxylic acid groups (broad SMARTS) is 1. The second-order valence-corrected chi connectivity index (χ2v) is 4.69. The van der Waals surface area contributed by atoms with Gasteiger partial charge in [-0.3, -0.25) is 4.79 Å². The molecule has 0 aliphatic heterocycles. The number of hydrogen-bond acceptors (Lipinski definition) is 1. The largest absolute Gasteiger partial charge is 0.481 e. The maximum atomic E-state index is 10.3. The van der Waals surface area contributed by atoms with Gasteiger partial charge in [0, 0.05) is 6.42 Å². The Kier molecular flexibility index (Phi) is 14.3.